The normalized spacial score (nSPS) is 18.3. The minimum Gasteiger partial charge on any atom is -0.496 e. The molecule has 2 atom stereocenters. The van der Waals surface area contributed by atoms with E-state index in [1.807, 2.05) is 13.0 Å². The summed E-state index contributed by atoms with van der Waals surface area (Å²) >= 11 is 0. The third-order valence-corrected chi connectivity index (χ3v) is 9.51. The number of fused-ring (bicyclic) bond motifs is 8. The SMILES string of the molecule is C=CC1=C(C)c2cc3[nH]c(c4c5[nH]c(cc6nc(cc1n2)C(C)=C6CC)c(C)c5C(OC)=CC4=O)[C@@H](CCC(=O)OC)[C@@H]3C. The number of carbonyl (C=O) groups is 2. The Labute approximate surface area is 257 Å². The van der Waals surface area contributed by atoms with E-state index < -0.39 is 0 Å². The van der Waals surface area contributed by atoms with Crippen LogP contribution in [0.4, 0.5) is 0 Å². The molecular weight excluding hydrogens is 552 g/mol. The molecule has 4 aliphatic rings. The smallest absolute Gasteiger partial charge is 0.305 e. The summed E-state index contributed by atoms with van der Waals surface area (Å²) in [4.78, 5) is 43.5. The van der Waals surface area contributed by atoms with Crippen LogP contribution in [0.5, 0.6) is 0 Å². The van der Waals surface area contributed by atoms with Gasteiger partial charge in [-0.15, -0.1) is 0 Å². The van der Waals surface area contributed by atoms with Crippen molar-refractivity contribution in [1.82, 2.24) is 19.9 Å². The molecule has 0 spiro atoms. The number of methoxy groups -OCH3 is 2. The Bertz CT molecular complexity index is 1930. The molecule has 8 bridgehead atoms. The van der Waals surface area contributed by atoms with E-state index in [-0.39, 0.29) is 30.0 Å². The summed E-state index contributed by atoms with van der Waals surface area (Å²) in [5.41, 5.74) is 13.3. The fourth-order valence-corrected chi connectivity index (χ4v) is 6.94. The number of hydrogen-bond acceptors (Lipinski definition) is 6. The molecule has 0 radical (unpaired) electrons. The van der Waals surface area contributed by atoms with Gasteiger partial charge in [0.05, 0.1) is 48.1 Å². The molecule has 0 saturated heterocycles. The molecule has 1 aliphatic carbocycles. The molecular formula is C36H38N4O4. The Hall–Kier alpha value is -4.72. The average molecular weight is 591 g/mol. The summed E-state index contributed by atoms with van der Waals surface area (Å²) in [6.07, 6.45) is 4.98. The number of hydrogen-bond donors (Lipinski definition) is 2. The van der Waals surface area contributed by atoms with Crippen LogP contribution in [0.15, 0.2) is 36.9 Å². The molecule has 44 heavy (non-hydrogen) atoms. The third kappa shape index (κ3) is 4.51. The summed E-state index contributed by atoms with van der Waals surface area (Å²) in [5, 5.41) is 0. The molecule has 3 aliphatic heterocycles. The van der Waals surface area contributed by atoms with Crippen LogP contribution >= 0.6 is 0 Å². The first kappa shape index (κ1) is 29.4. The van der Waals surface area contributed by atoms with Crippen molar-refractivity contribution in [3.05, 3.63) is 87.8 Å². The first-order chi connectivity index (χ1) is 21.1. The molecule has 2 aromatic heterocycles. The average Bonchev–Trinajstić information content (AvgIpc) is 3.68. The maximum Gasteiger partial charge on any atom is 0.305 e. The number of aryl methyl sites for hydroxylation is 1. The molecule has 2 N–H and O–H groups in total. The van der Waals surface area contributed by atoms with E-state index in [1.54, 1.807) is 13.2 Å². The maximum absolute atomic E-state index is 13.9. The molecule has 0 unspecified atom stereocenters. The zero-order valence-electron chi connectivity index (χ0n) is 26.4. The van der Waals surface area contributed by atoms with Gasteiger partial charge in [0.1, 0.15) is 5.76 Å². The van der Waals surface area contributed by atoms with E-state index in [0.29, 0.717) is 23.3 Å². The molecule has 0 saturated carbocycles. The van der Waals surface area contributed by atoms with Crippen molar-refractivity contribution in [2.24, 2.45) is 0 Å². The van der Waals surface area contributed by atoms with Gasteiger partial charge >= 0.3 is 5.97 Å². The molecule has 8 heteroatoms. The number of ether oxygens (including phenoxy) is 2. The lowest BCUT2D eigenvalue weighted by atomic mass is 9.83. The van der Waals surface area contributed by atoms with Gasteiger partial charge < -0.3 is 19.4 Å². The monoisotopic (exact) mass is 590 g/mol. The number of aromatic nitrogens is 4. The summed E-state index contributed by atoms with van der Waals surface area (Å²) < 4.78 is 10.7. The van der Waals surface area contributed by atoms with Crippen molar-refractivity contribution < 1.29 is 19.1 Å². The standard InChI is InChI=1S/C36H38N4O4/c1-9-21-17(3)24-13-26-19(5)23(11-12-32(42)44-8)35(39-26)34-30(41)16-31(43-7)33-20(6)27(40-36(33)34)15-29-22(10-2)18(4)25(38-29)14-28(21)37-24/h9,13-16,19,23,39-40H,1,10-12H2,2-8H3/t19-,23-/m0/s1. The van der Waals surface area contributed by atoms with Gasteiger partial charge in [0, 0.05) is 52.4 Å². The summed E-state index contributed by atoms with van der Waals surface area (Å²) in [5.74, 6) is -0.0760. The highest BCUT2D eigenvalue weighted by molar-refractivity contribution is 6.18. The van der Waals surface area contributed by atoms with Gasteiger partial charge in [-0.05, 0) is 74.1 Å². The topological polar surface area (TPSA) is 110 Å². The molecule has 0 aromatic carbocycles. The zero-order chi connectivity index (χ0) is 31.4. The van der Waals surface area contributed by atoms with Crippen LogP contribution in [-0.2, 0) is 14.3 Å². The number of nitrogens with zero attached hydrogens (tertiary/aromatic N) is 2. The van der Waals surface area contributed by atoms with Gasteiger partial charge in [-0.25, -0.2) is 9.97 Å². The maximum atomic E-state index is 13.9. The predicted octanol–water partition coefficient (Wildman–Crippen LogP) is 7.83. The Morgan fingerprint density at radius 3 is 2.41 bits per heavy atom. The number of allylic oxidation sites excluding steroid dienone is 6. The molecule has 5 heterocycles. The summed E-state index contributed by atoms with van der Waals surface area (Å²) in [6.45, 7) is 14.5. The largest absolute Gasteiger partial charge is 0.496 e. The Morgan fingerprint density at radius 1 is 1.00 bits per heavy atom. The second-order valence-electron chi connectivity index (χ2n) is 11.8. The van der Waals surface area contributed by atoms with E-state index in [9.17, 15) is 9.59 Å². The lowest BCUT2D eigenvalue weighted by molar-refractivity contribution is -0.140. The van der Waals surface area contributed by atoms with Crippen LogP contribution in [0.2, 0.25) is 0 Å². The number of carbonyl (C=O) groups excluding carboxylic acids is 2. The van der Waals surface area contributed by atoms with Gasteiger partial charge in [-0.2, -0.15) is 0 Å². The van der Waals surface area contributed by atoms with Crippen LogP contribution in [0.3, 0.4) is 0 Å². The first-order valence-corrected chi connectivity index (χ1v) is 15.1. The highest BCUT2D eigenvalue weighted by Gasteiger charge is 2.35. The predicted molar refractivity (Wildman–Crippen MR) is 174 cm³/mol. The van der Waals surface area contributed by atoms with E-state index in [1.165, 1.54) is 7.11 Å². The van der Waals surface area contributed by atoms with Crippen molar-refractivity contribution in [1.29, 1.82) is 0 Å². The lowest BCUT2D eigenvalue weighted by Crippen LogP contribution is -2.13. The fraction of sp³-hybridized carbons (Fsp3) is 0.333. The van der Waals surface area contributed by atoms with E-state index in [0.717, 1.165) is 79.5 Å². The van der Waals surface area contributed by atoms with Crippen LogP contribution < -0.4 is 0 Å². The van der Waals surface area contributed by atoms with E-state index in [4.69, 9.17) is 19.4 Å². The van der Waals surface area contributed by atoms with Crippen LogP contribution in [-0.4, -0.2) is 45.9 Å². The zero-order valence-corrected chi connectivity index (χ0v) is 26.4. The van der Waals surface area contributed by atoms with Crippen LogP contribution in [0, 0.1) is 6.92 Å². The Kier molecular flexibility index (Phi) is 7.40. The van der Waals surface area contributed by atoms with Gasteiger partial charge in [0.15, 0.2) is 5.78 Å². The van der Waals surface area contributed by atoms with Crippen molar-refractivity contribution in [3.8, 4) is 0 Å². The molecule has 6 rings (SSSR count). The number of rotatable bonds is 6. The number of nitrogens with one attached hydrogen (secondary N) is 2. The third-order valence-electron chi connectivity index (χ3n) is 9.51. The number of H-pyrrole nitrogens is 2. The Balaban J connectivity index is 1.78. The fourth-order valence-electron chi connectivity index (χ4n) is 6.94. The van der Waals surface area contributed by atoms with E-state index in [2.05, 4.69) is 62.4 Å². The van der Waals surface area contributed by atoms with Crippen molar-refractivity contribution in [3.63, 3.8) is 0 Å². The quantitative estimate of drug-likeness (QED) is 0.332. The van der Waals surface area contributed by atoms with Crippen LogP contribution in [0.1, 0.15) is 114 Å². The van der Waals surface area contributed by atoms with Gasteiger partial charge in [0.25, 0.3) is 0 Å². The highest BCUT2D eigenvalue weighted by atomic mass is 16.5. The summed E-state index contributed by atoms with van der Waals surface area (Å²) in [7, 11) is 2.98. The van der Waals surface area contributed by atoms with E-state index >= 15 is 0 Å². The minimum atomic E-state index is -0.282. The molecule has 0 amide bonds. The number of ketones is 1. The first-order valence-electron chi connectivity index (χ1n) is 15.1. The van der Waals surface area contributed by atoms with Gasteiger partial charge in [0.2, 0.25) is 0 Å². The highest BCUT2D eigenvalue weighted by Crippen LogP contribution is 2.45. The lowest BCUT2D eigenvalue weighted by Gasteiger charge is -2.19. The second-order valence-corrected chi connectivity index (χ2v) is 11.8. The second kappa shape index (κ2) is 11.1. The number of aromatic amines is 2. The molecule has 2 aromatic rings. The summed E-state index contributed by atoms with van der Waals surface area (Å²) in [6, 6.07) is 6.18. The van der Waals surface area contributed by atoms with Gasteiger partial charge in [-0.1, -0.05) is 26.5 Å². The van der Waals surface area contributed by atoms with Crippen molar-refractivity contribution in [2.45, 2.75) is 65.7 Å². The Morgan fingerprint density at radius 2 is 1.73 bits per heavy atom. The van der Waals surface area contributed by atoms with Gasteiger partial charge in [-0.3, -0.25) is 9.59 Å². The van der Waals surface area contributed by atoms with Crippen molar-refractivity contribution >= 4 is 50.8 Å². The number of esters is 1. The van der Waals surface area contributed by atoms with Crippen LogP contribution in [0.25, 0.3) is 39.1 Å². The van der Waals surface area contributed by atoms with Crippen molar-refractivity contribution in [2.75, 3.05) is 14.2 Å². The molecule has 8 nitrogen and oxygen atoms in total. The minimum absolute atomic E-state index is 0.0204. The molecule has 0 fully saturated rings. The molecule has 226 valence electrons.